The number of terminal acetylenes is 1. The Kier molecular flexibility index (Phi) is 2.90. The largest absolute Gasteiger partial charge is 0.369 e. The maximum atomic E-state index is 10.6. The van der Waals surface area contributed by atoms with E-state index in [1.165, 1.54) is 0 Å². The van der Waals surface area contributed by atoms with E-state index in [2.05, 4.69) is 5.73 Å². The van der Waals surface area contributed by atoms with E-state index < -0.39 is 27.3 Å². The predicted molar refractivity (Wildman–Crippen MR) is 36.7 cm³/mol. The lowest BCUT2D eigenvalue weighted by Gasteiger charge is -1.93. The van der Waals surface area contributed by atoms with Gasteiger partial charge in [-0.2, -0.15) is 0 Å². The van der Waals surface area contributed by atoms with Crippen LogP contribution in [0.5, 0.6) is 0 Å². The fourth-order valence-corrected chi connectivity index (χ4v) is 1.18. The summed E-state index contributed by atoms with van der Waals surface area (Å²) in [6.45, 7) is 0. The van der Waals surface area contributed by atoms with E-state index in [1.54, 1.807) is 0 Å². The molecule has 2 N–H and O–H groups in total. The van der Waals surface area contributed by atoms with Crippen molar-refractivity contribution in [3.63, 3.8) is 0 Å². The second-order valence-electron chi connectivity index (χ2n) is 1.70. The molecule has 10 heavy (non-hydrogen) atoms. The maximum absolute atomic E-state index is 10.6. The van der Waals surface area contributed by atoms with Crippen molar-refractivity contribution in [3.05, 3.63) is 0 Å². The Morgan fingerprint density at radius 2 is 2.10 bits per heavy atom. The summed E-state index contributed by atoms with van der Waals surface area (Å²) in [6, 6.07) is 0. The quantitative estimate of drug-likeness (QED) is 0.513. The van der Waals surface area contributed by atoms with E-state index >= 15 is 0 Å². The summed E-state index contributed by atoms with van der Waals surface area (Å²) in [5.74, 6) is -0.0658. The number of rotatable bonds is 3. The zero-order chi connectivity index (χ0) is 8.20. The number of sulfone groups is 1. The van der Waals surface area contributed by atoms with Crippen LogP contribution in [-0.2, 0) is 14.6 Å². The molecule has 1 amide bonds. The minimum absolute atomic E-state index is 0.435. The van der Waals surface area contributed by atoms with Gasteiger partial charge in [0.25, 0.3) is 0 Å². The second kappa shape index (κ2) is 3.22. The smallest absolute Gasteiger partial charge is 0.232 e. The highest BCUT2D eigenvalue weighted by atomic mass is 32.2. The molecular formula is C5H7NO3S. The standard InChI is InChI=1S/C5H7NO3S/c1-2-3-10(8,9)4-5(6)7/h1H,3-4H2,(H2,6,7). The molecule has 0 aromatic carbocycles. The molecule has 0 radical (unpaired) electrons. The zero-order valence-corrected chi connectivity index (χ0v) is 6.02. The molecule has 4 nitrogen and oxygen atoms in total. The fourth-order valence-electron chi connectivity index (χ4n) is 0.395. The summed E-state index contributed by atoms with van der Waals surface area (Å²) in [5.41, 5.74) is 4.62. The molecule has 0 rings (SSSR count). The third kappa shape index (κ3) is 3.92. The van der Waals surface area contributed by atoms with Crippen LogP contribution >= 0.6 is 0 Å². The summed E-state index contributed by atoms with van der Waals surface area (Å²) >= 11 is 0. The Morgan fingerprint density at radius 3 is 2.40 bits per heavy atom. The van der Waals surface area contributed by atoms with Crippen molar-refractivity contribution in [1.29, 1.82) is 0 Å². The first kappa shape index (κ1) is 8.98. The first-order valence-corrected chi connectivity index (χ1v) is 4.22. The second-order valence-corrected chi connectivity index (χ2v) is 3.77. The molecule has 0 heterocycles. The summed E-state index contributed by atoms with van der Waals surface area (Å²) in [7, 11) is -3.44. The molecule has 0 aliphatic rings. The summed E-state index contributed by atoms with van der Waals surface area (Å²) in [4.78, 5) is 10.1. The molecule has 0 aromatic rings. The van der Waals surface area contributed by atoms with Gasteiger partial charge in [-0.1, -0.05) is 5.92 Å². The zero-order valence-electron chi connectivity index (χ0n) is 5.20. The lowest BCUT2D eigenvalue weighted by molar-refractivity contribution is -0.115. The number of hydrogen-bond donors (Lipinski definition) is 1. The van der Waals surface area contributed by atoms with Crippen LogP contribution in [0.1, 0.15) is 0 Å². The number of nitrogens with two attached hydrogens (primary N) is 1. The molecule has 0 aliphatic carbocycles. The van der Waals surface area contributed by atoms with E-state index in [0.29, 0.717) is 0 Å². The van der Waals surface area contributed by atoms with Crippen molar-refractivity contribution < 1.29 is 13.2 Å². The van der Waals surface area contributed by atoms with Crippen LogP contribution in [0.3, 0.4) is 0 Å². The molecular weight excluding hydrogens is 154 g/mol. The highest BCUT2D eigenvalue weighted by Gasteiger charge is 2.11. The number of carbonyl (C=O) groups excluding carboxylic acids is 1. The van der Waals surface area contributed by atoms with Gasteiger partial charge in [-0.15, -0.1) is 6.42 Å². The maximum Gasteiger partial charge on any atom is 0.232 e. The molecule has 0 unspecified atom stereocenters. The molecule has 5 heteroatoms. The van der Waals surface area contributed by atoms with Gasteiger partial charge >= 0.3 is 0 Å². The van der Waals surface area contributed by atoms with Gasteiger partial charge < -0.3 is 5.73 Å². The van der Waals surface area contributed by atoms with Crippen LogP contribution < -0.4 is 5.73 Å². The van der Waals surface area contributed by atoms with E-state index in [1.807, 2.05) is 5.92 Å². The topological polar surface area (TPSA) is 77.2 Å². The van der Waals surface area contributed by atoms with Gasteiger partial charge in [0.05, 0.1) is 0 Å². The Balaban J connectivity index is 4.19. The van der Waals surface area contributed by atoms with Crippen LogP contribution in [0.15, 0.2) is 0 Å². The average Bonchev–Trinajstić information content (AvgIpc) is 1.59. The van der Waals surface area contributed by atoms with Crippen molar-refractivity contribution in [2.75, 3.05) is 11.5 Å². The van der Waals surface area contributed by atoms with Crippen molar-refractivity contribution in [1.82, 2.24) is 0 Å². The molecule has 0 saturated carbocycles. The first-order valence-electron chi connectivity index (χ1n) is 2.40. The Bertz CT molecular complexity index is 259. The van der Waals surface area contributed by atoms with Crippen molar-refractivity contribution in [2.45, 2.75) is 0 Å². The Hall–Kier alpha value is -1.02. The lowest BCUT2D eigenvalue weighted by atomic mass is 10.8. The first-order chi connectivity index (χ1) is 4.48. The highest BCUT2D eigenvalue weighted by Crippen LogP contribution is 1.86. The van der Waals surface area contributed by atoms with E-state index in [0.717, 1.165) is 0 Å². The number of amides is 1. The van der Waals surface area contributed by atoms with Gasteiger partial charge in [0, 0.05) is 0 Å². The van der Waals surface area contributed by atoms with Crippen LogP contribution in [0.4, 0.5) is 0 Å². The monoisotopic (exact) mass is 161 g/mol. The SMILES string of the molecule is C#CCS(=O)(=O)CC(N)=O. The third-order valence-corrected chi connectivity index (χ3v) is 2.00. The fraction of sp³-hybridized carbons (Fsp3) is 0.400. The molecule has 0 aliphatic heterocycles. The normalized spacial score (nSPS) is 10.3. The van der Waals surface area contributed by atoms with Gasteiger partial charge in [-0.05, 0) is 0 Å². The Morgan fingerprint density at radius 1 is 1.60 bits per heavy atom. The van der Waals surface area contributed by atoms with Crippen LogP contribution in [-0.4, -0.2) is 25.8 Å². The third-order valence-electron chi connectivity index (χ3n) is 0.665. The Labute approximate surface area is 59.3 Å². The summed E-state index contributed by atoms with van der Waals surface area (Å²) < 4.78 is 21.2. The van der Waals surface area contributed by atoms with E-state index in [9.17, 15) is 13.2 Å². The molecule has 0 bridgehead atoms. The van der Waals surface area contributed by atoms with Gasteiger partial charge in [-0.25, -0.2) is 8.42 Å². The van der Waals surface area contributed by atoms with Crippen molar-refractivity contribution in [2.24, 2.45) is 5.73 Å². The summed E-state index contributed by atoms with van der Waals surface area (Å²) in [6.07, 6.45) is 4.71. The predicted octanol–water partition coefficient (Wildman–Crippen LogP) is -1.48. The summed E-state index contributed by atoms with van der Waals surface area (Å²) in [5, 5.41) is 0. The molecule has 0 saturated heterocycles. The van der Waals surface area contributed by atoms with Crippen LogP contribution in [0.2, 0.25) is 0 Å². The molecule has 0 atom stereocenters. The minimum atomic E-state index is -3.44. The average molecular weight is 161 g/mol. The van der Waals surface area contributed by atoms with Gasteiger partial charge in [0.15, 0.2) is 9.84 Å². The van der Waals surface area contributed by atoms with Crippen molar-refractivity contribution >= 4 is 15.7 Å². The van der Waals surface area contributed by atoms with Gasteiger partial charge in [-0.3, -0.25) is 4.79 Å². The number of carbonyl (C=O) groups is 1. The number of primary amides is 1. The molecule has 0 spiro atoms. The van der Waals surface area contributed by atoms with Gasteiger partial charge in [0.1, 0.15) is 11.5 Å². The molecule has 0 aromatic heterocycles. The molecule has 0 fully saturated rings. The van der Waals surface area contributed by atoms with Crippen molar-refractivity contribution in [3.8, 4) is 12.3 Å². The van der Waals surface area contributed by atoms with Gasteiger partial charge in [0.2, 0.25) is 5.91 Å². The molecule has 56 valence electrons. The van der Waals surface area contributed by atoms with Crippen LogP contribution in [0.25, 0.3) is 0 Å². The minimum Gasteiger partial charge on any atom is -0.369 e. The number of hydrogen-bond acceptors (Lipinski definition) is 3. The lowest BCUT2D eigenvalue weighted by Crippen LogP contribution is -2.24. The highest BCUT2D eigenvalue weighted by molar-refractivity contribution is 7.92. The van der Waals surface area contributed by atoms with E-state index in [4.69, 9.17) is 6.42 Å². The van der Waals surface area contributed by atoms with Crippen LogP contribution in [0, 0.1) is 12.3 Å². The van der Waals surface area contributed by atoms with E-state index in [-0.39, 0.29) is 0 Å².